The molecule has 2 aromatic rings. The predicted molar refractivity (Wildman–Crippen MR) is 72.0 cm³/mol. The molecule has 1 N–H and O–H groups in total. The highest BCUT2D eigenvalue weighted by Gasteiger charge is 2.18. The van der Waals surface area contributed by atoms with Gasteiger partial charge in [-0.3, -0.25) is 0 Å². The Morgan fingerprint density at radius 3 is 2.67 bits per heavy atom. The highest BCUT2D eigenvalue weighted by molar-refractivity contribution is 9.11. The molecular formula is C10H11BrN2O3S2. The summed E-state index contributed by atoms with van der Waals surface area (Å²) in [6.07, 6.45) is 0. The Hall–Kier alpha value is -0.700. The zero-order chi connectivity index (χ0) is 13.3. The van der Waals surface area contributed by atoms with Gasteiger partial charge >= 0.3 is 0 Å². The lowest BCUT2D eigenvalue weighted by Crippen LogP contribution is -2.22. The topological polar surface area (TPSA) is 72.2 Å². The molecular weight excluding hydrogens is 340 g/mol. The maximum atomic E-state index is 12.0. The molecule has 0 spiro atoms. The number of halogens is 1. The molecule has 0 amide bonds. The van der Waals surface area contributed by atoms with Crippen LogP contribution in [-0.4, -0.2) is 13.6 Å². The number of hydrogen-bond acceptors (Lipinski definition) is 5. The van der Waals surface area contributed by atoms with E-state index in [4.69, 9.17) is 4.52 Å². The van der Waals surface area contributed by atoms with Crippen LogP contribution < -0.4 is 4.72 Å². The zero-order valence-electron chi connectivity index (χ0n) is 9.73. The molecule has 2 rings (SSSR count). The van der Waals surface area contributed by atoms with Crippen molar-refractivity contribution in [2.75, 3.05) is 0 Å². The summed E-state index contributed by atoms with van der Waals surface area (Å²) in [6, 6.07) is 3.32. The van der Waals surface area contributed by atoms with Gasteiger partial charge in [-0.05, 0) is 41.4 Å². The van der Waals surface area contributed by atoms with Gasteiger partial charge in [0.1, 0.15) is 4.21 Å². The highest BCUT2D eigenvalue weighted by Crippen LogP contribution is 2.30. The fourth-order valence-corrected chi connectivity index (χ4v) is 4.56. The van der Waals surface area contributed by atoms with Gasteiger partial charge in [-0.15, -0.1) is 11.3 Å². The number of rotatable bonds is 4. The molecule has 0 aromatic carbocycles. The molecule has 2 aromatic heterocycles. The molecule has 0 aliphatic carbocycles. The molecule has 0 aliphatic heterocycles. The first-order valence-corrected chi connectivity index (χ1v) is 8.15. The molecule has 2 heterocycles. The van der Waals surface area contributed by atoms with Crippen LogP contribution in [0.1, 0.15) is 17.0 Å². The maximum Gasteiger partial charge on any atom is 0.250 e. The van der Waals surface area contributed by atoms with Gasteiger partial charge in [0.2, 0.25) is 0 Å². The van der Waals surface area contributed by atoms with Crippen LogP contribution in [0.25, 0.3) is 0 Å². The minimum Gasteiger partial charge on any atom is -0.360 e. The normalized spacial score (nSPS) is 11.9. The van der Waals surface area contributed by atoms with Crippen molar-refractivity contribution >= 4 is 37.3 Å². The van der Waals surface area contributed by atoms with E-state index in [2.05, 4.69) is 25.8 Å². The number of nitrogens with one attached hydrogen (secondary N) is 1. The number of thiophene rings is 1. The second-order valence-electron chi connectivity index (χ2n) is 3.78. The molecule has 0 unspecified atom stereocenters. The molecule has 98 valence electrons. The van der Waals surface area contributed by atoms with Crippen LogP contribution in [-0.2, 0) is 16.6 Å². The standard InChI is InChI=1S/C10H11BrN2O3S2/c1-6-3-9(17-10(6)11)18(14,15)12-5-8-4-7(2)13-16-8/h3-4,12H,5H2,1-2H3. The Labute approximate surface area is 117 Å². The van der Waals surface area contributed by atoms with Crippen LogP contribution in [0.15, 0.2) is 24.7 Å². The van der Waals surface area contributed by atoms with Gasteiger partial charge in [0.25, 0.3) is 10.0 Å². The van der Waals surface area contributed by atoms with E-state index in [1.54, 1.807) is 19.1 Å². The van der Waals surface area contributed by atoms with E-state index in [0.717, 1.165) is 15.0 Å². The van der Waals surface area contributed by atoms with Crippen molar-refractivity contribution in [1.82, 2.24) is 9.88 Å². The van der Waals surface area contributed by atoms with Crippen LogP contribution in [0.4, 0.5) is 0 Å². The maximum absolute atomic E-state index is 12.0. The first-order chi connectivity index (χ1) is 8.38. The van der Waals surface area contributed by atoms with E-state index in [1.807, 2.05) is 6.92 Å². The van der Waals surface area contributed by atoms with E-state index >= 15 is 0 Å². The van der Waals surface area contributed by atoms with Gasteiger partial charge in [0.05, 0.1) is 16.0 Å². The number of sulfonamides is 1. The summed E-state index contributed by atoms with van der Waals surface area (Å²) in [5.41, 5.74) is 1.62. The van der Waals surface area contributed by atoms with Gasteiger partial charge in [0.15, 0.2) is 5.76 Å². The third kappa shape index (κ3) is 3.00. The molecule has 18 heavy (non-hydrogen) atoms. The average Bonchev–Trinajstić information content (AvgIpc) is 2.84. The van der Waals surface area contributed by atoms with Gasteiger partial charge in [-0.2, -0.15) is 0 Å². The Morgan fingerprint density at radius 2 is 2.17 bits per heavy atom. The SMILES string of the molecule is Cc1cc(CNS(=O)(=O)c2cc(C)c(Br)s2)on1. The van der Waals surface area contributed by atoms with Gasteiger partial charge < -0.3 is 4.52 Å². The van der Waals surface area contributed by atoms with Gasteiger partial charge in [0, 0.05) is 6.07 Å². The summed E-state index contributed by atoms with van der Waals surface area (Å²) in [5.74, 6) is 0.489. The quantitative estimate of drug-likeness (QED) is 0.919. The molecule has 0 radical (unpaired) electrons. The molecule has 0 atom stereocenters. The second kappa shape index (κ2) is 5.12. The fraction of sp³-hybridized carbons (Fsp3) is 0.300. The molecule has 0 aliphatic rings. The van der Waals surface area contributed by atoms with Crippen LogP contribution >= 0.6 is 27.3 Å². The third-order valence-electron chi connectivity index (χ3n) is 2.21. The van der Waals surface area contributed by atoms with Crippen molar-refractivity contribution in [3.63, 3.8) is 0 Å². The number of nitrogens with zero attached hydrogens (tertiary/aromatic N) is 1. The van der Waals surface area contributed by atoms with E-state index in [1.165, 1.54) is 11.3 Å². The van der Waals surface area contributed by atoms with E-state index in [-0.39, 0.29) is 10.8 Å². The largest absolute Gasteiger partial charge is 0.360 e. The first-order valence-electron chi connectivity index (χ1n) is 5.06. The van der Waals surface area contributed by atoms with E-state index in [9.17, 15) is 8.42 Å². The van der Waals surface area contributed by atoms with Crippen molar-refractivity contribution in [3.05, 3.63) is 32.9 Å². The predicted octanol–water partition coefficient (Wildman–Crippen LogP) is 2.59. The smallest absolute Gasteiger partial charge is 0.250 e. The molecule has 0 saturated heterocycles. The monoisotopic (exact) mass is 350 g/mol. The minimum atomic E-state index is -3.50. The van der Waals surface area contributed by atoms with E-state index < -0.39 is 10.0 Å². The molecule has 5 nitrogen and oxygen atoms in total. The molecule has 0 saturated carbocycles. The Bertz CT molecular complexity index is 641. The summed E-state index contributed by atoms with van der Waals surface area (Å²) in [6.45, 7) is 3.72. The summed E-state index contributed by atoms with van der Waals surface area (Å²) in [4.78, 5) is 0. The van der Waals surface area contributed by atoms with Crippen LogP contribution in [0.2, 0.25) is 0 Å². The number of aryl methyl sites for hydroxylation is 2. The van der Waals surface area contributed by atoms with Crippen molar-refractivity contribution in [2.24, 2.45) is 0 Å². The second-order valence-corrected chi connectivity index (χ2v) is 8.15. The number of aromatic nitrogens is 1. The Kier molecular flexibility index (Phi) is 3.90. The van der Waals surface area contributed by atoms with E-state index in [0.29, 0.717) is 5.76 Å². The van der Waals surface area contributed by atoms with Crippen LogP contribution in [0.3, 0.4) is 0 Å². The molecule has 0 bridgehead atoms. The van der Waals surface area contributed by atoms with Crippen molar-refractivity contribution < 1.29 is 12.9 Å². The lowest BCUT2D eigenvalue weighted by atomic mass is 10.4. The summed E-state index contributed by atoms with van der Waals surface area (Å²) >= 11 is 4.49. The third-order valence-corrected chi connectivity index (χ3v) is 6.22. The van der Waals surface area contributed by atoms with Crippen molar-refractivity contribution in [3.8, 4) is 0 Å². The zero-order valence-corrected chi connectivity index (χ0v) is 12.9. The van der Waals surface area contributed by atoms with Crippen molar-refractivity contribution in [2.45, 2.75) is 24.6 Å². The minimum absolute atomic E-state index is 0.0950. The van der Waals surface area contributed by atoms with Crippen molar-refractivity contribution in [1.29, 1.82) is 0 Å². The average molecular weight is 351 g/mol. The van der Waals surface area contributed by atoms with Gasteiger partial charge in [-0.25, -0.2) is 13.1 Å². The molecule has 0 fully saturated rings. The fourth-order valence-electron chi connectivity index (χ4n) is 1.30. The number of hydrogen-bond donors (Lipinski definition) is 1. The van der Waals surface area contributed by atoms with Gasteiger partial charge in [-0.1, -0.05) is 5.16 Å². The highest BCUT2D eigenvalue weighted by atomic mass is 79.9. The summed E-state index contributed by atoms with van der Waals surface area (Å²) in [7, 11) is -3.50. The Morgan fingerprint density at radius 1 is 1.44 bits per heavy atom. The molecule has 8 heteroatoms. The van der Waals surface area contributed by atoms with Crippen LogP contribution in [0, 0.1) is 13.8 Å². The Balaban J connectivity index is 2.12. The lowest BCUT2D eigenvalue weighted by Gasteiger charge is -2.01. The summed E-state index contributed by atoms with van der Waals surface area (Å²) < 4.78 is 32.5. The summed E-state index contributed by atoms with van der Waals surface area (Å²) in [5, 5.41) is 3.69. The lowest BCUT2D eigenvalue weighted by molar-refractivity contribution is 0.377. The van der Waals surface area contributed by atoms with Crippen LogP contribution in [0.5, 0.6) is 0 Å². The first kappa shape index (κ1) is 13.7.